The summed E-state index contributed by atoms with van der Waals surface area (Å²) in [5.74, 6) is 2.36. The van der Waals surface area contributed by atoms with Gasteiger partial charge in [0, 0.05) is 32.7 Å². The van der Waals surface area contributed by atoms with Gasteiger partial charge in [0.05, 0.1) is 18.7 Å². The van der Waals surface area contributed by atoms with Crippen molar-refractivity contribution in [2.24, 2.45) is 4.99 Å². The van der Waals surface area contributed by atoms with E-state index in [4.69, 9.17) is 9.47 Å². The summed E-state index contributed by atoms with van der Waals surface area (Å²) in [6, 6.07) is 10.8. The van der Waals surface area contributed by atoms with Crippen LogP contribution in [0.1, 0.15) is 25.3 Å². The van der Waals surface area contributed by atoms with E-state index in [-0.39, 0.29) is 0 Å². The van der Waals surface area contributed by atoms with Crippen LogP contribution in [0.4, 0.5) is 5.00 Å². The fourth-order valence-electron chi connectivity index (χ4n) is 3.36. The van der Waals surface area contributed by atoms with E-state index in [2.05, 4.69) is 38.0 Å². The number of methoxy groups -OCH3 is 1. The Labute approximate surface area is 171 Å². The number of nitrogens with one attached hydrogen (secondary N) is 2. The molecule has 1 saturated heterocycles. The molecule has 0 spiro atoms. The van der Waals surface area contributed by atoms with Gasteiger partial charge in [0.2, 0.25) is 0 Å². The summed E-state index contributed by atoms with van der Waals surface area (Å²) in [6.07, 6.45) is 2.21. The second kappa shape index (κ2) is 10.2. The average molecular weight is 403 g/mol. The van der Waals surface area contributed by atoms with Gasteiger partial charge in [-0.2, -0.15) is 0 Å². The van der Waals surface area contributed by atoms with E-state index in [9.17, 15) is 0 Å². The molecule has 1 aliphatic heterocycles. The zero-order valence-corrected chi connectivity index (χ0v) is 17.7. The molecule has 7 heteroatoms. The summed E-state index contributed by atoms with van der Waals surface area (Å²) in [5.41, 5.74) is 1.12. The van der Waals surface area contributed by atoms with Gasteiger partial charge in [-0.05, 0) is 55.0 Å². The first-order chi connectivity index (χ1) is 13.7. The summed E-state index contributed by atoms with van der Waals surface area (Å²) < 4.78 is 11.0. The topological polar surface area (TPSA) is 58.1 Å². The monoisotopic (exact) mass is 402 g/mol. The van der Waals surface area contributed by atoms with Crippen molar-refractivity contribution < 1.29 is 9.47 Å². The van der Waals surface area contributed by atoms with Crippen LogP contribution in [0.3, 0.4) is 0 Å². The Bertz CT molecular complexity index is 756. The summed E-state index contributed by atoms with van der Waals surface area (Å²) >= 11 is 1.81. The third-order valence-electron chi connectivity index (χ3n) is 4.87. The second-order valence-corrected chi connectivity index (χ2v) is 7.63. The Morgan fingerprint density at radius 1 is 1.25 bits per heavy atom. The minimum Gasteiger partial charge on any atom is -0.493 e. The van der Waals surface area contributed by atoms with Gasteiger partial charge < -0.3 is 25.0 Å². The number of thiophene rings is 1. The van der Waals surface area contributed by atoms with Crippen LogP contribution in [0.15, 0.2) is 40.7 Å². The molecule has 28 heavy (non-hydrogen) atoms. The number of hydrogen-bond donors (Lipinski definition) is 2. The maximum atomic E-state index is 5.58. The molecule has 0 saturated carbocycles. The van der Waals surface area contributed by atoms with Crippen molar-refractivity contribution in [2.75, 3.05) is 38.8 Å². The summed E-state index contributed by atoms with van der Waals surface area (Å²) in [7, 11) is 3.48. The molecule has 0 aliphatic carbocycles. The number of nitrogens with zero attached hydrogens (tertiary/aromatic N) is 2. The van der Waals surface area contributed by atoms with Crippen molar-refractivity contribution in [3.63, 3.8) is 0 Å². The highest BCUT2D eigenvalue weighted by Gasteiger charge is 2.20. The number of guanidine groups is 1. The van der Waals surface area contributed by atoms with Crippen LogP contribution >= 0.6 is 11.3 Å². The number of piperidine rings is 1. The highest BCUT2D eigenvalue weighted by molar-refractivity contribution is 7.14. The molecule has 152 valence electrons. The van der Waals surface area contributed by atoms with Crippen molar-refractivity contribution in [1.29, 1.82) is 0 Å². The molecule has 2 N–H and O–H groups in total. The molecule has 2 aromatic rings. The lowest BCUT2D eigenvalue weighted by Gasteiger charge is -2.33. The first-order valence-corrected chi connectivity index (χ1v) is 10.7. The Morgan fingerprint density at radius 3 is 2.71 bits per heavy atom. The number of rotatable bonds is 7. The summed E-state index contributed by atoms with van der Waals surface area (Å²) in [5, 5.41) is 10.5. The lowest BCUT2D eigenvalue weighted by atomic mass is 10.1. The Kier molecular flexibility index (Phi) is 7.42. The minimum absolute atomic E-state index is 0.442. The van der Waals surface area contributed by atoms with Crippen molar-refractivity contribution in [3.8, 4) is 11.5 Å². The van der Waals surface area contributed by atoms with E-state index in [0.29, 0.717) is 19.2 Å². The normalized spacial score (nSPS) is 15.4. The minimum atomic E-state index is 0.442. The maximum absolute atomic E-state index is 5.58. The first-order valence-electron chi connectivity index (χ1n) is 9.78. The Morgan fingerprint density at radius 2 is 2.07 bits per heavy atom. The fraction of sp³-hybridized carbons (Fsp3) is 0.476. The highest BCUT2D eigenvalue weighted by Crippen LogP contribution is 2.28. The van der Waals surface area contributed by atoms with Crippen molar-refractivity contribution >= 4 is 22.3 Å². The van der Waals surface area contributed by atoms with Crippen LogP contribution in [0, 0.1) is 0 Å². The van der Waals surface area contributed by atoms with Gasteiger partial charge in [-0.25, -0.2) is 0 Å². The number of anilines is 1. The van der Waals surface area contributed by atoms with Gasteiger partial charge in [0.25, 0.3) is 0 Å². The molecule has 0 bridgehead atoms. The number of hydrogen-bond acceptors (Lipinski definition) is 5. The maximum Gasteiger partial charge on any atom is 0.191 e. The molecule has 1 fully saturated rings. The first kappa shape index (κ1) is 20.3. The van der Waals surface area contributed by atoms with Crippen molar-refractivity contribution in [1.82, 2.24) is 10.6 Å². The predicted octanol–water partition coefficient (Wildman–Crippen LogP) is 3.49. The molecule has 0 radical (unpaired) electrons. The largest absolute Gasteiger partial charge is 0.493 e. The highest BCUT2D eigenvalue weighted by atomic mass is 32.1. The number of aliphatic imine (C=N–C) groups is 1. The standard InChI is InChI=1S/C21H30N4O2S/c1-4-27-18-8-7-16(14-19(18)26-3)15-23-21(22-2)24-17-9-11-25(12-10-17)20-6-5-13-28-20/h5-8,13-14,17H,4,9-12,15H2,1-3H3,(H2,22,23,24). The van der Waals surface area contributed by atoms with Gasteiger partial charge in [-0.15, -0.1) is 11.3 Å². The van der Waals surface area contributed by atoms with Gasteiger partial charge in [0.15, 0.2) is 17.5 Å². The molecule has 1 aromatic heterocycles. The molecular weight excluding hydrogens is 372 g/mol. The third kappa shape index (κ3) is 5.32. The van der Waals surface area contributed by atoms with Gasteiger partial charge in [0.1, 0.15) is 0 Å². The van der Waals surface area contributed by atoms with E-state index in [1.165, 1.54) is 5.00 Å². The van der Waals surface area contributed by atoms with Gasteiger partial charge in [-0.3, -0.25) is 4.99 Å². The lowest BCUT2D eigenvalue weighted by Crippen LogP contribution is -2.48. The predicted molar refractivity (Wildman–Crippen MR) is 117 cm³/mol. The molecule has 6 nitrogen and oxygen atoms in total. The van der Waals surface area contributed by atoms with Crippen LogP contribution in [-0.2, 0) is 6.54 Å². The van der Waals surface area contributed by atoms with E-state index >= 15 is 0 Å². The average Bonchev–Trinajstić information content (AvgIpc) is 3.27. The van der Waals surface area contributed by atoms with Gasteiger partial charge >= 0.3 is 0 Å². The fourth-order valence-corrected chi connectivity index (χ4v) is 4.15. The van der Waals surface area contributed by atoms with E-state index in [1.54, 1.807) is 7.11 Å². The molecule has 1 aliphatic rings. The van der Waals surface area contributed by atoms with Crippen LogP contribution in [-0.4, -0.2) is 45.9 Å². The Hall–Kier alpha value is -2.41. The number of ether oxygens (including phenoxy) is 2. The quantitative estimate of drug-likeness (QED) is 0.548. The third-order valence-corrected chi connectivity index (χ3v) is 5.79. The SMILES string of the molecule is CCOc1ccc(CNC(=NC)NC2CCN(c3cccs3)CC2)cc1OC. The van der Waals surface area contributed by atoms with Crippen molar-refractivity contribution in [2.45, 2.75) is 32.4 Å². The smallest absolute Gasteiger partial charge is 0.191 e. The summed E-state index contributed by atoms with van der Waals surface area (Å²) in [6.45, 7) is 5.41. The molecule has 1 aromatic carbocycles. The van der Waals surface area contributed by atoms with Crippen LogP contribution in [0.5, 0.6) is 11.5 Å². The zero-order valence-electron chi connectivity index (χ0n) is 16.9. The van der Waals surface area contributed by atoms with Gasteiger partial charge in [-0.1, -0.05) is 6.07 Å². The molecular formula is C21H30N4O2S. The summed E-state index contributed by atoms with van der Waals surface area (Å²) in [4.78, 5) is 6.85. The molecule has 2 heterocycles. The molecule has 0 atom stereocenters. The lowest BCUT2D eigenvalue weighted by molar-refractivity contribution is 0.310. The molecule has 0 amide bonds. The van der Waals surface area contributed by atoms with E-state index < -0.39 is 0 Å². The zero-order chi connectivity index (χ0) is 19.8. The Balaban J connectivity index is 1.49. The van der Waals surface area contributed by atoms with E-state index in [0.717, 1.165) is 49.0 Å². The second-order valence-electron chi connectivity index (χ2n) is 6.70. The van der Waals surface area contributed by atoms with Crippen molar-refractivity contribution in [3.05, 3.63) is 41.3 Å². The van der Waals surface area contributed by atoms with Crippen LogP contribution in [0.2, 0.25) is 0 Å². The van der Waals surface area contributed by atoms with E-state index in [1.807, 2.05) is 43.5 Å². The number of benzene rings is 1. The molecule has 3 rings (SSSR count). The van der Waals surface area contributed by atoms with Crippen LogP contribution < -0.4 is 25.0 Å². The molecule has 0 unspecified atom stereocenters. The van der Waals surface area contributed by atoms with Crippen LogP contribution in [0.25, 0.3) is 0 Å².